The van der Waals surface area contributed by atoms with Crippen LogP contribution in [0.3, 0.4) is 0 Å². The van der Waals surface area contributed by atoms with Gasteiger partial charge in [0.15, 0.2) is 6.10 Å². The molecule has 0 N–H and O–H groups in total. The Hall–Kier alpha value is -2.89. The largest absolute Gasteiger partial charge is 0.462 e. The second kappa shape index (κ2) is 55.7. The lowest BCUT2D eigenvalue weighted by molar-refractivity contribution is -0.167. The van der Waals surface area contributed by atoms with Crippen LogP contribution in [-0.4, -0.2) is 37.2 Å². The molecule has 0 aliphatic carbocycles. The van der Waals surface area contributed by atoms with E-state index in [4.69, 9.17) is 14.2 Å². The van der Waals surface area contributed by atoms with Crippen molar-refractivity contribution in [3.63, 3.8) is 0 Å². The molecule has 0 aliphatic rings. The second-order valence-electron chi connectivity index (χ2n) is 19.2. The fourth-order valence-electron chi connectivity index (χ4n) is 8.13. The molecule has 0 aromatic rings. The Morgan fingerprint density at radius 3 is 0.866 bits per heavy atom. The first-order valence-corrected chi connectivity index (χ1v) is 28.8. The Bertz CT molecular complexity index is 1210. The minimum atomic E-state index is -0.788. The summed E-state index contributed by atoms with van der Waals surface area (Å²) in [5.41, 5.74) is 0. The summed E-state index contributed by atoms with van der Waals surface area (Å²) in [7, 11) is 0. The van der Waals surface area contributed by atoms with Crippen molar-refractivity contribution >= 4 is 17.9 Å². The third kappa shape index (κ3) is 53.9. The lowest BCUT2D eigenvalue weighted by Crippen LogP contribution is -2.30. The van der Waals surface area contributed by atoms with Crippen LogP contribution < -0.4 is 0 Å². The first-order chi connectivity index (χ1) is 33.0. The van der Waals surface area contributed by atoms with Gasteiger partial charge in [-0.25, -0.2) is 0 Å². The van der Waals surface area contributed by atoms with Gasteiger partial charge in [-0.1, -0.05) is 242 Å². The minimum Gasteiger partial charge on any atom is -0.462 e. The molecule has 67 heavy (non-hydrogen) atoms. The molecule has 0 aliphatic heterocycles. The van der Waals surface area contributed by atoms with Gasteiger partial charge in [0.05, 0.1) is 0 Å². The van der Waals surface area contributed by atoms with Gasteiger partial charge in [0.1, 0.15) is 13.2 Å². The molecular formula is C61H108O6. The van der Waals surface area contributed by atoms with E-state index in [0.717, 1.165) is 103 Å². The van der Waals surface area contributed by atoms with Crippen molar-refractivity contribution < 1.29 is 28.6 Å². The van der Waals surface area contributed by atoms with E-state index in [9.17, 15) is 14.4 Å². The standard InChI is InChI=1S/C61H108O6/c1-4-7-10-13-16-19-22-25-28-30-33-36-39-42-45-48-51-54-60(63)66-57-58(56-65-59(62)53-50-47-44-41-38-35-32-27-24-21-18-15-12-9-6-3)67-61(64)55-52-49-46-43-40-37-34-31-29-26-23-20-17-14-11-8-5-2/h16,18-19,21,25,27-28,32-33,36,58H,4-15,17,20,22-24,26,29-31,34-35,37-57H2,1-3H3/b19-16-,21-18-,28-25-,32-27-,36-33-/t58-/m1/s1. The van der Waals surface area contributed by atoms with E-state index in [1.165, 1.54) is 148 Å². The number of rotatable bonds is 52. The molecule has 0 aromatic carbocycles. The SMILES string of the molecule is CCCCC/C=C\C/C=C\C/C=C\CCCCCCC(=O)OC[C@@H](COC(=O)CCCCCCC/C=C\C/C=C\CCCCC)OC(=O)CCCCCCCCCCCCCCCCCCC. The van der Waals surface area contributed by atoms with E-state index >= 15 is 0 Å². The van der Waals surface area contributed by atoms with E-state index < -0.39 is 6.10 Å². The van der Waals surface area contributed by atoms with Gasteiger partial charge >= 0.3 is 17.9 Å². The van der Waals surface area contributed by atoms with Crippen molar-refractivity contribution in [1.29, 1.82) is 0 Å². The van der Waals surface area contributed by atoms with Crippen molar-refractivity contribution in [2.75, 3.05) is 13.2 Å². The Balaban J connectivity index is 4.42. The third-order valence-corrected chi connectivity index (χ3v) is 12.5. The highest BCUT2D eigenvalue weighted by Gasteiger charge is 2.19. The van der Waals surface area contributed by atoms with Crippen LogP contribution in [-0.2, 0) is 28.6 Å². The van der Waals surface area contributed by atoms with Crippen molar-refractivity contribution in [2.45, 2.75) is 297 Å². The lowest BCUT2D eigenvalue weighted by Gasteiger charge is -2.18. The van der Waals surface area contributed by atoms with E-state index in [1.807, 2.05) is 0 Å². The van der Waals surface area contributed by atoms with Crippen molar-refractivity contribution in [3.05, 3.63) is 60.8 Å². The van der Waals surface area contributed by atoms with E-state index in [1.54, 1.807) is 0 Å². The van der Waals surface area contributed by atoms with Crippen LogP contribution in [0.2, 0.25) is 0 Å². The van der Waals surface area contributed by atoms with Crippen molar-refractivity contribution in [2.24, 2.45) is 0 Å². The van der Waals surface area contributed by atoms with Crippen LogP contribution in [0.25, 0.3) is 0 Å². The first kappa shape index (κ1) is 64.1. The minimum absolute atomic E-state index is 0.0867. The number of hydrogen-bond donors (Lipinski definition) is 0. The quantitative estimate of drug-likeness (QED) is 0.0262. The zero-order chi connectivity index (χ0) is 48.6. The Morgan fingerprint density at radius 1 is 0.299 bits per heavy atom. The summed E-state index contributed by atoms with van der Waals surface area (Å²) in [5.74, 6) is -0.909. The molecule has 0 unspecified atom stereocenters. The molecule has 0 saturated heterocycles. The van der Waals surface area contributed by atoms with Gasteiger partial charge in [-0.15, -0.1) is 0 Å². The summed E-state index contributed by atoms with van der Waals surface area (Å²) in [5, 5.41) is 0. The van der Waals surface area contributed by atoms with Crippen LogP contribution in [0.4, 0.5) is 0 Å². The number of carbonyl (C=O) groups is 3. The molecule has 0 radical (unpaired) electrons. The van der Waals surface area contributed by atoms with Crippen LogP contribution >= 0.6 is 0 Å². The van der Waals surface area contributed by atoms with E-state index in [0.29, 0.717) is 19.3 Å². The second-order valence-corrected chi connectivity index (χ2v) is 19.2. The fourth-order valence-corrected chi connectivity index (χ4v) is 8.13. The topological polar surface area (TPSA) is 78.9 Å². The number of esters is 3. The monoisotopic (exact) mass is 937 g/mol. The maximum Gasteiger partial charge on any atom is 0.306 e. The summed E-state index contributed by atoms with van der Waals surface area (Å²) < 4.78 is 16.8. The summed E-state index contributed by atoms with van der Waals surface area (Å²) >= 11 is 0. The highest BCUT2D eigenvalue weighted by Crippen LogP contribution is 2.16. The predicted molar refractivity (Wildman–Crippen MR) is 288 cm³/mol. The third-order valence-electron chi connectivity index (χ3n) is 12.5. The molecule has 0 fully saturated rings. The Labute approximate surface area is 415 Å². The highest BCUT2D eigenvalue weighted by atomic mass is 16.6. The van der Waals surface area contributed by atoms with Gasteiger partial charge in [-0.2, -0.15) is 0 Å². The zero-order valence-corrected chi connectivity index (χ0v) is 44.4. The predicted octanol–water partition coefficient (Wildman–Crippen LogP) is 19.2. The molecule has 6 heteroatoms. The van der Waals surface area contributed by atoms with Gasteiger partial charge in [0, 0.05) is 19.3 Å². The summed E-state index contributed by atoms with van der Waals surface area (Å²) in [6.07, 6.45) is 69.2. The molecule has 0 saturated carbocycles. The molecule has 0 amide bonds. The van der Waals surface area contributed by atoms with Gasteiger partial charge < -0.3 is 14.2 Å². The maximum atomic E-state index is 12.9. The molecule has 1 atom stereocenters. The van der Waals surface area contributed by atoms with Gasteiger partial charge in [0.2, 0.25) is 0 Å². The summed E-state index contributed by atoms with van der Waals surface area (Å²) in [4.78, 5) is 38.1. The van der Waals surface area contributed by atoms with Crippen molar-refractivity contribution in [1.82, 2.24) is 0 Å². The number of allylic oxidation sites excluding steroid dienone is 10. The van der Waals surface area contributed by atoms with Gasteiger partial charge in [-0.05, 0) is 89.9 Å². The molecule has 6 nitrogen and oxygen atoms in total. The van der Waals surface area contributed by atoms with Crippen LogP contribution in [0.15, 0.2) is 60.8 Å². The molecule has 0 rings (SSSR count). The van der Waals surface area contributed by atoms with Gasteiger partial charge in [-0.3, -0.25) is 14.4 Å². The fraction of sp³-hybridized carbons (Fsp3) is 0.787. The molecule has 0 heterocycles. The van der Waals surface area contributed by atoms with Crippen LogP contribution in [0.5, 0.6) is 0 Å². The number of unbranched alkanes of at least 4 members (excludes halogenated alkanes) is 31. The molecule has 0 bridgehead atoms. The summed E-state index contributed by atoms with van der Waals surface area (Å²) in [6, 6.07) is 0. The average molecular weight is 938 g/mol. The van der Waals surface area contributed by atoms with E-state index in [-0.39, 0.29) is 31.1 Å². The van der Waals surface area contributed by atoms with Gasteiger partial charge in [0.25, 0.3) is 0 Å². The first-order valence-electron chi connectivity index (χ1n) is 28.8. The highest BCUT2D eigenvalue weighted by molar-refractivity contribution is 5.71. The maximum absolute atomic E-state index is 12.9. The average Bonchev–Trinajstić information content (AvgIpc) is 3.33. The zero-order valence-electron chi connectivity index (χ0n) is 44.4. The number of ether oxygens (including phenoxy) is 3. The Kier molecular flexibility index (Phi) is 53.3. The number of carbonyl (C=O) groups excluding carboxylic acids is 3. The normalized spacial score (nSPS) is 12.5. The molecule has 388 valence electrons. The number of hydrogen-bond acceptors (Lipinski definition) is 6. The van der Waals surface area contributed by atoms with Crippen LogP contribution in [0.1, 0.15) is 290 Å². The van der Waals surface area contributed by atoms with Crippen molar-refractivity contribution in [3.8, 4) is 0 Å². The van der Waals surface area contributed by atoms with E-state index in [2.05, 4.69) is 81.5 Å². The Morgan fingerprint density at radius 2 is 0.537 bits per heavy atom. The summed E-state index contributed by atoms with van der Waals surface area (Å²) in [6.45, 7) is 6.58. The molecular weight excluding hydrogens is 829 g/mol. The lowest BCUT2D eigenvalue weighted by atomic mass is 10.0. The molecule has 0 aromatic heterocycles. The molecule has 0 spiro atoms. The van der Waals surface area contributed by atoms with Crippen LogP contribution in [0, 0.1) is 0 Å². The smallest absolute Gasteiger partial charge is 0.306 e.